The fourth-order valence-corrected chi connectivity index (χ4v) is 4.03. The van der Waals surface area contributed by atoms with Crippen LogP contribution in [0.2, 0.25) is 0 Å². The summed E-state index contributed by atoms with van der Waals surface area (Å²) in [6.07, 6.45) is 2.97. The molecule has 1 heterocycles. The van der Waals surface area contributed by atoms with E-state index in [1.165, 1.54) is 17.7 Å². The molecular formula is C21H26ClN3O3S. The van der Waals surface area contributed by atoms with Crippen molar-refractivity contribution in [1.29, 1.82) is 0 Å². The standard InChI is InChI=1S/C21H25N3O3S.ClH/c1-16-7-8-19(28(26,27)24-15-17-5-3-2-4-6-17)13-20(16)21(25)23-14-18-9-11-22-12-10-18;/h2-9,13,22,24H,10-12,14-15H2,1H3,(H,23,25);1H. The smallest absolute Gasteiger partial charge is 0.251 e. The van der Waals surface area contributed by atoms with Crippen LogP contribution in [-0.4, -0.2) is 34.0 Å². The maximum Gasteiger partial charge on any atom is 0.251 e. The molecule has 0 spiro atoms. The minimum Gasteiger partial charge on any atom is -0.348 e. The zero-order chi connectivity index (χ0) is 20.0. The predicted octanol–water partition coefficient (Wildman–Crippen LogP) is 2.54. The van der Waals surface area contributed by atoms with Gasteiger partial charge in [0.2, 0.25) is 10.0 Å². The Balaban J connectivity index is 0.00000300. The van der Waals surface area contributed by atoms with Crippen molar-refractivity contribution in [1.82, 2.24) is 15.4 Å². The summed E-state index contributed by atoms with van der Waals surface area (Å²) in [5, 5.41) is 6.12. The third kappa shape index (κ3) is 6.40. The van der Waals surface area contributed by atoms with E-state index >= 15 is 0 Å². The molecule has 0 bridgehead atoms. The van der Waals surface area contributed by atoms with Crippen LogP contribution in [0.3, 0.4) is 0 Å². The summed E-state index contributed by atoms with van der Waals surface area (Å²) in [5.41, 5.74) is 3.15. The van der Waals surface area contributed by atoms with Crippen LogP contribution in [0, 0.1) is 6.92 Å². The summed E-state index contributed by atoms with van der Waals surface area (Å²) in [5.74, 6) is -0.267. The van der Waals surface area contributed by atoms with Gasteiger partial charge in [-0.1, -0.05) is 48.0 Å². The number of carbonyl (C=O) groups is 1. The van der Waals surface area contributed by atoms with Crippen LogP contribution < -0.4 is 15.4 Å². The second-order valence-electron chi connectivity index (χ2n) is 6.79. The predicted molar refractivity (Wildman–Crippen MR) is 117 cm³/mol. The molecule has 0 saturated carbocycles. The number of halogens is 1. The lowest BCUT2D eigenvalue weighted by Gasteiger charge is -2.15. The van der Waals surface area contributed by atoms with Crippen molar-refractivity contribution in [2.75, 3.05) is 19.6 Å². The Labute approximate surface area is 178 Å². The first-order chi connectivity index (χ1) is 13.5. The highest BCUT2D eigenvalue weighted by molar-refractivity contribution is 7.89. The van der Waals surface area contributed by atoms with Gasteiger partial charge in [0, 0.05) is 25.2 Å². The first-order valence-corrected chi connectivity index (χ1v) is 10.7. The Hall–Kier alpha value is -2.19. The topological polar surface area (TPSA) is 87.3 Å². The summed E-state index contributed by atoms with van der Waals surface area (Å²) < 4.78 is 27.9. The quantitative estimate of drug-likeness (QED) is 0.583. The van der Waals surface area contributed by atoms with Crippen LogP contribution in [0.25, 0.3) is 0 Å². The Morgan fingerprint density at radius 1 is 1.10 bits per heavy atom. The Kier molecular flexibility index (Phi) is 8.40. The van der Waals surface area contributed by atoms with Gasteiger partial charge in [0.1, 0.15) is 0 Å². The summed E-state index contributed by atoms with van der Waals surface area (Å²) in [4.78, 5) is 12.7. The normalized spacial score (nSPS) is 13.9. The number of carbonyl (C=O) groups excluding carboxylic acids is 1. The Morgan fingerprint density at radius 3 is 2.55 bits per heavy atom. The molecule has 0 fully saturated rings. The molecule has 156 valence electrons. The monoisotopic (exact) mass is 435 g/mol. The van der Waals surface area contributed by atoms with Gasteiger partial charge in [-0.05, 0) is 43.1 Å². The van der Waals surface area contributed by atoms with E-state index < -0.39 is 10.0 Å². The number of amides is 1. The van der Waals surface area contributed by atoms with Gasteiger partial charge in [-0.25, -0.2) is 13.1 Å². The molecule has 1 aliphatic rings. The molecule has 2 aromatic rings. The lowest BCUT2D eigenvalue weighted by Crippen LogP contribution is -2.30. The van der Waals surface area contributed by atoms with Crippen LogP contribution in [0.1, 0.15) is 27.9 Å². The maximum absolute atomic E-state index is 12.6. The van der Waals surface area contributed by atoms with Gasteiger partial charge >= 0.3 is 0 Å². The summed E-state index contributed by atoms with van der Waals surface area (Å²) in [6, 6.07) is 13.9. The molecule has 0 unspecified atom stereocenters. The number of nitrogens with one attached hydrogen (secondary N) is 3. The van der Waals surface area contributed by atoms with Crippen molar-refractivity contribution in [3.8, 4) is 0 Å². The van der Waals surface area contributed by atoms with Crippen LogP contribution in [0.4, 0.5) is 0 Å². The second kappa shape index (κ2) is 10.5. The molecule has 3 rings (SSSR count). The first kappa shape index (κ1) is 23.1. The lowest BCUT2D eigenvalue weighted by atomic mass is 10.1. The maximum atomic E-state index is 12.6. The average molecular weight is 436 g/mol. The van der Waals surface area contributed by atoms with E-state index in [-0.39, 0.29) is 29.8 Å². The van der Waals surface area contributed by atoms with Gasteiger partial charge in [0.25, 0.3) is 5.91 Å². The lowest BCUT2D eigenvalue weighted by molar-refractivity contribution is 0.0956. The molecule has 0 atom stereocenters. The molecule has 2 aromatic carbocycles. The number of hydrogen-bond acceptors (Lipinski definition) is 4. The van der Waals surface area contributed by atoms with Gasteiger partial charge in [0.15, 0.2) is 0 Å². The third-order valence-corrected chi connectivity index (χ3v) is 6.11. The fraction of sp³-hybridized carbons (Fsp3) is 0.286. The second-order valence-corrected chi connectivity index (χ2v) is 8.55. The van der Waals surface area contributed by atoms with Crippen molar-refractivity contribution in [3.63, 3.8) is 0 Å². The Bertz CT molecular complexity index is 976. The molecule has 0 radical (unpaired) electrons. The minimum atomic E-state index is -3.72. The van der Waals surface area contributed by atoms with Crippen molar-refractivity contribution >= 4 is 28.3 Å². The number of rotatable bonds is 7. The molecule has 6 nitrogen and oxygen atoms in total. The third-order valence-electron chi connectivity index (χ3n) is 4.71. The molecular weight excluding hydrogens is 410 g/mol. The summed E-state index contributed by atoms with van der Waals surface area (Å²) >= 11 is 0. The van der Waals surface area contributed by atoms with Crippen LogP contribution in [0.5, 0.6) is 0 Å². The fourth-order valence-electron chi connectivity index (χ4n) is 2.99. The summed E-state index contributed by atoms with van der Waals surface area (Å²) in [6.45, 7) is 4.18. The molecule has 0 aromatic heterocycles. The van der Waals surface area contributed by atoms with Crippen molar-refractivity contribution in [2.24, 2.45) is 0 Å². The molecule has 1 amide bonds. The SMILES string of the molecule is Cc1ccc(S(=O)(=O)NCc2ccccc2)cc1C(=O)NCC1=CCNCC1.Cl. The number of benzene rings is 2. The molecule has 1 aliphatic heterocycles. The van der Waals surface area contributed by atoms with E-state index in [0.717, 1.165) is 30.6 Å². The van der Waals surface area contributed by atoms with E-state index in [1.54, 1.807) is 13.0 Å². The van der Waals surface area contributed by atoms with E-state index in [2.05, 4.69) is 21.4 Å². The first-order valence-electron chi connectivity index (χ1n) is 9.27. The number of hydrogen-bond donors (Lipinski definition) is 3. The number of sulfonamides is 1. The van der Waals surface area contributed by atoms with Gasteiger partial charge in [-0.2, -0.15) is 0 Å². The van der Waals surface area contributed by atoms with Crippen LogP contribution in [0.15, 0.2) is 65.1 Å². The zero-order valence-corrected chi connectivity index (χ0v) is 17.9. The van der Waals surface area contributed by atoms with Crippen LogP contribution >= 0.6 is 12.4 Å². The molecule has 0 aliphatic carbocycles. The largest absolute Gasteiger partial charge is 0.348 e. The zero-order valence-electron chi connectivity index (χ0n) is 16.3. The van der Waals surface area contributed by atoms with Crippen molar-refractivity contribution < 1.29 is 13.2 Å². The van der Waals surface area contributed by atoms with E-state index in [1.807, 2.05) is 30.3 Å². The van der Waals surface area contributed by atoms with Gasteiger partial charge in [-0.3, -0.25) is 4.79 Å². The molecule has 0 saturated heterocycles. The molecule has 3 N–H and O–H groups in total. The number of aryl methyl sites for hydroxylation is 1. The minimum absolute atomic E-state index is 0. The average Bonchev–Trinajstić information content (AvgIpc) is 2.72. The Morgan fingerprint density at radius 2 is 1.86 bits per heavy atom. The highest BCUT2D eigenvalue weighted by atomic mass is 35.5. The van der Waals surface area contributed by atoms with E-state index in [9.17, 15) is 13.2 Å². The van der Waals surface area contributed by atoms with E-state index in [4.69, 9.17) is 0 Å². The van der Waals surface area contributed by atoms with Crippen molar-refractivity contribution in [3.05, 3.63) is 76.9 Å². The highest BCUT2D eigenvalue weighted by Gasteiger charge is 2.18. The van der Waals surface area contributed by atoms with Gasteiger partial charge < -0.3 is 10.6 Å². The van der Waals surface area contributed by atoms with E-state index in [0.29, 0.717) is 12.1 Å². The highest BCUT2D eigenvalue weighted by Crippen LogP contribution is 2.16. The molecule has 29 heavy (non-hydrogen) atoms. The molecule has 8 heteroatoms. The van der Waals surface area contributed by atoms with Gasteiger partial charge in [-0.15, -0.1) is 12.4 Å². The van der Waals surface area contributed by atoms with Crippen molar-refractivity contribution in [2.45, 2.75) is 24.8 Å². The summed E-state index contributed by atoms with van der Waals surface area (Å²) in [7, 11) is -3.72. The van der Waals surface area contributed by atoms with Gasteiger partial charge in [0.05, 0.1) is 4.90 Å². The van der Waals surface area contributed by atoms with Crippen LogP contribution in [-0.2, 0) is 16.6 Å².